The van der Waals surface area contributed by atoms with Crippen LogP contribution in [-0.4, -0.2) is 20.7 Å². The van der Waals surface area contributed by atoms with Crippen molar-refractivity contribution in [3.05, 3.63) is 78.6 Å². The molecule has 132 valence electrons. The van der Waals surface area contributed by atoms with Gasteiger partial charge < -0.3 is 10.6 Å². The van der Waals surface area contributed by atoms with Gasteiger partial charge in [-0.25, -0.2) is 4.98 Å². The molecule has 0 aliphatic carbocycles. The largest absolute Gasteiger partial charge is 0.340 e. The first-order valence-electron chi connectivity index (χ1n) is 8.51. The zero-order valence-electron chi connectivity index (χ0n) is 14.7. The van der Waals surface area contributed by atoms with Crippen molar-refractivity contribution < 1.29 is 4.79 Å². The second kappa shape index (κ2) is 7.21. The normalized spacial score (nSPS) is 10.6. The van der Waals surface area contributed by atoms with Gasteiger partial charge in [0, 0.05) is 29.0 Å². The summed E-state index contributed by atoms with van der Waals surface area (Å²) < 4.78 is 0. The Bertz CT molecular complexity index is 1100. The van der Waals surface area contributed by atoms with E-state index in [1.807, 2.05) is 42.5 Å². The van der Waals surface area contributed by atoms with Crippen LogP contribution in [0.3, 0.4) is 0 Å². The average molecular weight is 355 g/mol. The summed E-state index contributed by atoms with van der Waals surface area (Å²) in [7, 11) is 0. The minimum atomic E-state index is 0.0405. The van der Waals surface area contributed by atoms with Gasteiger partial charge >= 0.3 is 0 Å². The van der Waals surface area contributed by atoms with Gasteiger partial charge in [0.15, 0.2) is 5.78 Å². The number of hydrogen-bond acceptors (Lipinski definition) is 6. The Morgan fingerprint density at radius 1 is 0.852 bits per heavy atom. The Morgan fingerprint density at radius 3 is 2.48 bits per heavy atom. The quantitative estimate of drug-likeness (QED) is 0.505. The van der Waals surface area contributed by atoms with Crippen LogP contribution in [0.25, 0.3) is 10.9 Å². The maximum Gasteiger partial charge on any atom is 0.229 e. The summed E-state index contributed by atoms with van der Waals surface area (Å²) in [5.74, 6) is 1.16. The number of nitrogens with one attached hydrogen (secondary N) is 2. The van der Waals surface area contributed by atoms with Crippen molar-refractivity contribution in [1.82, 2.24) is 15.0 Å². The summed E-state index contributed by atoms with van der Waals surface area (Å²) >= 11 is 0. The highest BCUT2D eigenvalue weighted by Crippen LogP contribution is 2.24. The van der Waals surface area contributed by atoms with Crippen LogP contribution in [0.1, 0.15) is 17.3 Å². The van der Waals surface area contributed by atoms with Crippen molar-refractivity contribution in [3.63, 3.8) is 0 Å². The number of fused-ring (bicyclic) bond motifs is 1. The van der Waals surface area contributed by atoms with Crippen molar-refractivity contribution in [1.29, 1.82) is 0 Å². The first-order valence-corrected chi connectivity index (χ1v) is 8.51. The van der Waals surface area contributed by atoms with E-state index in [4.69, 9.17) is 0 Å². The molecule has 2 heterocycles. The van der Waals surface area contributed by atoms with E-state index in [9.17, 15) is 4.79 Å². The lowest BCUT2D eigenvalue weighted by Gasteiger charge is -2.10. The van der Waals surface area contributed by atoms with Gasteiger partial charge in [0.25, 0.3) is 0 Å². The van der Waals surface area contributed by atoms with Gasteiger partial charge in [-0.1, -0.05) is 18.2 Å². The molecule has 0 saturated carbocycles. The number of rotatable bonds is 5. The monoisotopic (exact) mass is 355 g/mol. The summed E-state index contributed by atoms with van der Waals surface area (Å²) in [5, 5.41) is 7.49. The van der Waals surface area contributed by atoms with Gasteiger partial charge in [0.1, 0.15) is 5.82 Å². The van der Waals surface area contributed by atoms with E-state index >= 15 is 0 Å². The molecule has 0 aliphatic heterocycles. The van der Waals surface area contributed by atoms with Crippen LogP contribution in [0.4, 0.5) is 23.1 Å². The predicted octanol–water partition coefficient (Wildman–Crippen LogP) is 4.71. The molecule has 2 aromatic carbocycles. The molecule has 0 unspecified atom stereocenters. The fraction of sp³-hybridized carbons (Fsp3) is 0.0476. The van der Waals surface area contributed by atoms with E-state index in [1.165, 1.54) is 0 Å². The second-order valence-electron chi connectivity index (χ2n) is 6.03. The highest BCUT2D eigenvalue weighted by Gasteiger charge is 2.05. The van der Waals surface area contributed by atoms with Gasteiger partial charge in [-0.2, -0.15) is 4.98 Å². The molecular weight excluding hydrogens is 338 g/mol. The van der Waals surface area contributed by atoms with Gasteiger partial charge in [-0.15, -0.1) is 0 Å². The van der Waals surface area contributed by atoms with Gasteiger partial charge in [0.2, 0.25) is 5.95 Å². The molecule has 0 aliphatic rings. The number of nitrogens with zero attached hydrogens (tertiary/aromatic N) is 3. The van der Waals surface area contributed by atoms with E-state index in [0.29, 0.717) is 17.3 Å². The van der Waals surface area contributed by atoms with Crippen LogP contribution in [0, 0.1) is 0 Å². The lowest BCUT2D eigenvalue weighted by Crippen LogP contribution is -2.01. The Morgan fingerprint density at radius 2 is 1.67 bits per heavy atom. The van der Waals surface area contributed by atoms with Crippen molar-refractivity contribution in [2.75, 3.05) is 10.6 Å². The third-order valence-electron chi connectivity index (χ3n) is 4.10. The Balaban J connectivity index is 1.56. The molecule has 6 nitrogen and oxygen atoms in total. The average Bonchev–Trinajstić information content (AvgIpc) is 2.69. The number of carbonyl (C=O) groups excluding carboxylic acids is 1. The maximum atomic E-state index is 11.4. The highest BCUT2D eigenvalue weighted by molar-refractivity contribution is 5.94. The van der Waals surface area contributed by atoms with E-state index in [2.05, 4.69) is 25.6 Å². The fourth-order valence-electron chi connectivity index (χ4n) is 2.75. The Labute approximate surface area is 156 Å². The SMILES string of the molecule is CC(=O)c1ccc(Nc2ccnc(Nc3cccc4cccnc34)n2)cc1. The molecule has 0 amide bonds. The molecule has 4 aromatic rings. The van der Waals surface area contributed by atoms with Crippen LogP contribution in [-0.2, 0) is 0 Å². The van der Waals surface area contributed by atoms with Crippen LogP contribution in [0.5, 0.6) is 0 Å². The molecule has 0 radical (unpaired) electrons. The molecule has 0 spiro atoms. The lowest BCUT2D eigenvalue weighted by atomic mass is 10.1. The molecule has 27 heavy (non-hydrogen) atoms. The first kappa shape index (κ1) is 16.7. The fourth-order valence-corrected chi connectivity index (χ4v) is 2.75. The zero-order chi connectivity index (χ0) is 18.6. The summed E-state index contributed by atoms with van der Waals surface area (Å²) in [5.41, 5.74) is 3.23. The number of para-hydroxylation sites is 1. The third kappa shape index (κ3) is 3.74. The number of hydrogen-bond donors (Lipinski definition) is 2. The summed E-state index contributed by atoms with van der Waals surface area (Å²) in [6, 6.07) is 18.9. The van der Waals surface area contributed by atoms with Crippen LogP contribution >= 0.6 is 0 Å². The molecule has 6 heteroatoms. The molecule has 2 N–H and O–H groups in total. The second-order valence-corrected chi connectivity index (χ2v) is 6.03. The van der Waals surface area contributed by atoms with Gasteiger partial charge in [0.05, 0.1) is 11.2 Å². The number of aromatic nitrogens is 3. The first-order chi connectivity index (χ1) is 13.2. The number of ketones is 1. The molecule has 0 saturated heterocycles. The van der Waals surface area contributed by atoms with E-state index in [1.54, 1.807) is 37.5 Å². The summed E-state index contributed by atoms with van der Waals surface area (Å²) in [6.45, 7) is 1.55. The van der Waals surface area contributed by atoms with Crippen molar-refractivity contribution in [2.24, 2.45) is 0 Å². The standard InChI is InChI=1S/C21H17N5O/c1-14(27)15-7-9-17(10-8-15)24-19-11-13-23-21(26-19)25-18-6-2-4-16-5-3-12-22-20(16)18/h2-13H,1H3,(H2,23,24,25,26). The number of carbonyl (C=O) groups is 1. The number of pyridine rings is 1. The number of benzene rings is 2. The minimum Gasteiger partial charge on any atom is -0.340 e. The molecule has 0 bridgehead atoms. The zero-order valence-corrected chi connectivity index (χ0v) is 14.7. The highest BCUT2D eigenvalue weighted by atomic mass is 16.1. The van der Waals surface area contributed by atoms with Crippen molar-refractivity contribution in [2.45, 2.75) is 6.92 Å². The summed E-state index contributed by atoms with van der Waals surface area (Å²) in [6.07, 6.45) is 3.44. The molecular formula is C21H17N5O. The van der Waals surface area contributed by atoms with Gasteiger partial charge in [-0.3, -0.25) is 9.78 Å². The Hall–Kier alpha value is -3.80. The number of Topliss-reactive ketones (excluding diaryl/α,β-unsaturated/α-hetero) is 1. The lowest BCUT2D eigenvalue weighted by molar-refractivity contribution is 0.101. The molecule has 2 aromatic heterocycles. The van der Waals surface area contributed by atoms with Crippen LogP contribution in [0.2, 0.25) is 0 Å². The minimum absolute atomic E-state index is 0.0405. The topological polar surface area (TPSA) is 79.8 Å². The molecule has 4 rings (SSSR count). The van der Waals surface area contributed by atoms with Crippen LogP contribution in [0.15, 0.2) is 73.1 Å². The smallest absolute Gasteiger partial charge is 0.229 e. The third-order valence-corrected chi connectivity index (χ3v) is 4.10. The van der Waals surface area contributed by atoms with Crippen molar-refractivity contribution >= 4 is 39.8 Å². The molecule has 0 fully saturated rings. The maximum absolute atomic E-state index is 11.4. The van der Waals surface area contributed by atoms with Gasteiger partial charge in [-0.05, 0) is 49.4 Å². The summed E-state index contributed by atoms with van der Waals surface area (Å²) in [4.78, 5) is 24.6. The predicted molar refractivity (Wildman–Crippen MR) is 107 cm³/mol. The Kier molecular flexibility index (Phi) is 4.45. The van der Waals surface area contributed by atoms with E-state index in [0.717, 1.165) is 22.3 Å². The molecule has 0 atom stereocenters. The number of anilines is 4. The van der Waals surface area contributed by atoms with E-state index in [-0.39, 0.29) is 5.78 Å². The van der Waals surface area contributed by atoms with Crippen LogP contribution < -0.4 is 10.6 Å². The van der Waals surface area contributed by atoms with Crippen molar-refractivity contribution in [3.8, 4) is 0 Å². The van der Waals surface area contributed by atoms with E-state index < -0.39 is 0 Å².